The molecule has 1 heterocycles. The van der Waals surface area contributed by atoms with Crippen molar-refractivity contribution in [2.45, 2.75) is 4.90 Å². The number of fused-ring (bicyclic) bond motifs is 1. The molecule has 0 aliphatic carbocycles. The van der Waals surface area contributed by atoms with Crippen LogP contribution in [-0.4, -0.2) is 26.5 Å². The summed E-state index contributed by atoms with van der Waals surface area (Å²) in [5.41, 5.74) is 1.68. The van der Waals surface area contributed by atoms with Gasteiger partial charge in [0.05, 0.1) is 17.6 Å². The first-order valence-electron chi connectivity index (χ1n) is 6.78. The monoisotopic (exact) mass is 330 g/mol. The number of H-pyrrole nitrogens is 1. The second-order valence-corrected chi connectivity index (χ2v) is 6.58. The predicted molar refractivity (Wildman–Crippen MR) is 86.9 cm³/mol. The Bertz CT molecular complexity index is 959. The lowest BCUT2D eigenvalue weighted by Gasteiger charge is -2.09. The van der Waals surface area contributed by atoms with Gasteiger partial charge in [0.1, 0.15) is 0 Å². The SMILES string of the molecule is COC(=O)c1ccc(S(=O)(=O)Nc2ccc3[nH]ccc3c2)cc1. The molecule has 0 atom stereocenters. The molecular formula is C16H14N2O4S. The lowest BCUT2D eigenvalue weighted by molar-refractivity contribution is 0.0600. The van der Waals surface area contributed by atoms with Crippen molar-refractivity contribution in [1.29, 1.82) is 0 Å². The van der Waals surface area contributed by atoms with Crippen molar-refractivity contribution in [3.63, 3.8) is 0 Å². The Kier molecular flexibility index (Phi) is 3.79. The minimum atomic E-state index is -3.73. The molecule has 0 spiro atoms. The van der Waals surface area contributed by atoms with Gasteiger partial charge in [-0.25, -0.2) is 13.2 Å². The van der Waals surface area contributed by atoms with Gasteiger partial charge in [0.15, 0.2) is 0 Å². The summed E-state index contributed by atoms with van der Waals surface area (Å²) >= 11 is 0. The first-order valence-corrected chi connectivity index (χ1v) is 8.26. The number of benzene rings is 2. The largest absolute Gasteiger partial charge is 0.465 e. The maximum Gasteiger partial charge on any atom is 0.337 e. The van der Waals surface area contributed by atoms with Gasteiger partial charge >= 0.3 is 5.97 Å². The van der Waals surface area contributed by atoms with E-state index in [4.69, 9.17) is 0 Å². The quantitative estimate of drug-likeness (QED) is 0.720. The lowest BCUT2D eigenvalue weighted by Crippen LogP contribution is -2.13. The second kappa shape index (κ2) is 5.77. The number of esters is 1. The van der Waals surface area contributed by atoms with Gasteiger partial charge in [0.2, 0.25) is 0 Å². The predicted octanol–water partition coefficient (Wildman–Crippen LogP) is 2.76. The summed E-state index contributed by atoms with van der Waals surface area (Å²) in [7, 11) is -2.46. The Morgan fingerprint density at radius 3 is 2.52 bits per heavy atom. The molecule has 1 aromatic heterocycles. The number of hydrogen-bond acceptors (Lipinski definition) is 4. The summed E-state index contributed by atoms with van der Waals surface area (Å²) in [5.74, 6) is -0.514. The Balaban J connectivity index is 1.87. The fourth-order valence-corrected chi connectivity index (χ4v) is 3.27. The molecule has 7 heteroatoms. The minimum Gasteiger partial charge on any atom is -0.465 e. The third-order valence-corrected chi connectivity index (χ3v) is 4.79. The molecule has 0 unspecified atom stereocenters. The highest BCUT2D eigenvalue weighted by Gasteiger charge is 2.15. The van der Waals surface area contributed by atoms with E-state index in [0.29, 0.717) is 11.3 Å². The number of methoxy groups -OCH3 is 1. The molecule has 0 radical (unpaired) electrons. The lowest BCUT2D eigenvalue weighted by atomic mass is 10.2. The van der Waals surface area contributed by atoms with Gasteiger partial charge in [-0.3, -0.25) is 4.72 Å². The van der Waals surface area contributed by atoms with Crippen LogP contribution in [0.2, 0.25) is 0 Å². The number of ether oxygens (including phenoxy) is 1. The van der Waals surface area contributed by atoms with Gasteiger partial charge in [-0.05, 0) is 48.5 Å². The minimum absolute atomic E-state index is 0.0688. The molecule has 0 saturated heterocycles. The molecule has 2 aromatic carbocycles. The van der Waals surface area contributed by atoms with Crippen molar-refractivity contribution in [2.24, 2.45) is 0 Å². The summed E-state index contributed by atoms with van der Waals surface area (Å²) in [6, 6.07) is 12.6. The van der Waals surface area contributed by atoms with E-state index in [0.717, 1.165) is 10.9 Å². The van der Waals surface area contributed by atoms with Crippen molar-refractivity contribution < 1.29 is 17.9 Å². The summed E-state index contributed by atoms with van der Waals surface area (Å²) in [5, 5.41) is 0.909. The van der Waals surface area contributed by atoms with Crippen LogP contribution in [0, 0.1) is 0 Å². The Hall–Kier alpha value is -2.80. The highest BCUT2D eigenvalue weighted by atomic mass is 32.2. The molecule has 23 heavy (non-hydrogen) atoms. The standard InChI is InChI=1S/C16H14N2O4S/c1-22-16(19)11-2-5-14(6-3-11)23(20,21)18-13-4-7-15-12(10-13)8-9-17-15/h2-10,17-18H,1H3. The van der Waals surface area contributed by atoms with Crippen LogP contribution in [0.5, 0.6) is 0 Å². The zero-order valence-electron chi connectivity index (χ0n) is 12.2. The van der Waals surface area contributed by atoms with Crippen LogP contribution in [0.15, 0.2) is 59.6 Å². The number of hydrogen-bond donors (Lipinski definition) is 2. The fourth-order valence-electron chi connectivity index (χ4n) is 2.22. The molecule has 118 valence electrons. The average molecular weight is 330 g/mol. The molecule has 0 aliphatic rings. The highest BCUT2D eigenvalue weighted by Crippen LogP contribution is 2.21. The van der Waals surface area contributed by atoms with E-state index in [9.17, 15) is 13.2 Å². The van der Waals surface area contributed by atoms with Gasteiger partial charge in [0, 0.05) is 22.8 Å². The van der Waals surface area contributed by atoms with Crippen LogP contribution in [0.25, 0.3) is 10.9 Å². The van der Waals surface area contributed by atoms with Crippen molar-refractivity contribution in [1.82, 2.24) is 4.98 Å². The summed E-state index contributed by atoms with van der Waals surface area (Å²) < 4.78 is 31.9. The second-order valence-electron chi connectivity index (χ2n) is 4.90. The van der Waals surface area contributed by atoms with E-state index in [1.807, 2.05) is 6.07 Å². The van der Waals surface area contributed by atoms with Crippen LogP contribution >= 0.6 is 0 Å². The molecule has 2 N–H and O–H groups in total. The van der Waals surface area contributed by atoms with Gasteiger partial charge in [-0.2, -0.15) is 0 Å². The van der Waals surface area contributed by atoms with E-state index >= 15 is 0 Å². The third-order valence-electron chi connectivity index (χ3n) is 3.39. The van der Waals surface area contributed by atoms with Gasteiger partial charge in [-0.1, -0.05) is 0 Å². The van der Waals surface area contributed by atoms with Gasteiger partial charge in [-0.15, -0.1) is 0 Å². The molecule has 3 rings (SSSR count). The zero-order chi connectivity index (χ0) is 16.4. The van der Waals surface area contributed by atoms with Crippen molar-refractivity contribution in [3.8, 4) is 0 Å². The number of nitrogens with one attached hydrogen (secondary N) is 2. The normalized spacial score (nSPS) is 11.3. The molecule has 0 aliphatic heterocycles. The van der Waals surface area contributed by atoms with E-state index < -0.39 is 16.0 Å². The number of carbonyl (C=O) groups is 1. The number of rotatable bonds is 4. The summed E-state index contributed by atoms with van der Waals surface area (Å²) in [6.45, 7) is 0. The zero-order valence-corrected chi connectivity index (χ0v) is 13.1. The van der Waals surface area contributed by atoms with Crippen LogP contribution in [0.4, 0.5) is 5.69 Å². The maximum atomic E-state index is 12.4. The summed E-state index contributed by atoms with van der Waals surface area (Å²) in [6.07, 6.45) is 1.79. The van der Waals surface area contributed by atoms with E-state index in [1.54, 1.807) is 24.4 Å². The van der Waals surface area contributed by atoms with Crippen molar-refractivity contribution in [3.05, 3.63) is 60.3 Å². The first-order chi connectivity index (χ1) is 11.0. The smallest absolute Gasteiger partial charge is 0.337 e. The molecule has 3 aromatic rings. The number of carbonyl (C=O) groups excluding carboxylic acids is 1. The Morgan fingerprint density at radius 1 is 1.09 bits per heavy atom. The fraction of sp³-hybridized carbons (Fsp3) is 0.0625. The van der Waals surface area contributed by atoms with Crippen molar-refractivity contribution >= 4 is 32.6 Å². The topological polar surface area (TPSA) is 88.3 Å². The Morgan fingerprint density at radius 2 is 1.83 bits per heavy atom. The number of anilines is 1. The maximum absolute atomic E-state index is 12.4. The molecule has 0 amide bonds. The van der Waals surface area contributed by atoms with Crippen LogP contribution in [0.1, 0.15) is 10.4 Å². The molecule has 0 bridgehead atoms. The number of aromatic amines is 1. The van der Waals surface area contributed by atoms with E-state index in [1.165, 1.54) is 31.4 Å². The van der Waals surface area contributed by atoms with Crippen LogP contribution in [-0.2, 0) is 14.8 Å². The molecule has 0 fully saturated rings. The van der Waals surface area contributed by atoms with Gasteiger partial charge in [0.25, 0.3) is 10.0 Å². The molecular weight excluding hydrogens is 316 g/mol. The molecule has 0 saturated carbocycles. The first kappa shape index (κ1) is 15.1. The van der Waals surface area contributed by atoms with Crippen molar-refractivity contribution in [2.75, 3.05) is 11.8 Å². The van der Waals surface area contributed by atoms with E-state index in [-0.39, 0.29) is 4.90 Å². The number of aromatic nitrogens is 1. The molecule has 6 nitrogen and oxygen atoms in total. The average Bonchev–Trinajstić information content (AvgIpc) is 3.01. The van der Waals surface area contributed by atoms with Gasteiger partial charge < -0.3 is 9.72 Å². The number of sulfonamides is 1. The summed E-state index contributed by atoms with van der Waals surface area (Å²) in [4.78, 5) is 14.5. The third kappa shape index (κ3) is 3.04. The van der Waals surface area contributed by atoms with Crippen LogP contribution in [0.3, 0.4) is 0 Å². The van der Waals surface area contributed by atoms with Crippen LogP contribution < -0.4 is 4.72 Å². The Labute approximate surface area is 133 Å². The highest BCUT2D eigenvalue weighted by molar-refractivity contribution is 7.92. The van der Waals surface area contributed by atoms with E-state index in [2.05, 4.69) is 14.4 Å².